The van der Waals surface area contributed by atoms with E-state index in [-0.39, 0.29) is 0 Å². The highest BCUT2D eigenvalue weighted by atomic mass is 14.9. The van der Waals surface area contributed by atoms with Crippen molar-refractivity contribution in [2.45, 2.75) is 50.6 Å². The predicted octanol–water partition coefficient (Wildman–Crippen LogP) is 0.831. The summed E-state index contributed by atoms with van der Waals surface area (Å²) < 4.78 is 0. The lowest BCUT2D eigenvalue weighted by atomic mass is 10.1. The Morgan fingerprint density at radius 3 is 2.67 bits per heavy atom. The first-order chi connectivity index (χ1) is 7.25. The van der Waals surface area contributed by atoms with Crippen LogP contribution in [0.4, 0.5) is 0 Å². The zero-order valence-corrected chi connectivity index (χ0v) is 9.62. The summed E-state index contributed by atoms with van der Waals surface area (Å²) in [5.74, 6) is 1.72. The number of nitrogens with two attached hydrogens (primary N) is 2. The topological polar surface area (TPSA) is 64.1 Å². The molecule has 0 bridgehead atoms. The van der Waals surface area contributed by atoms with E-state index < -0.39 is 0 Å². The number of nitrogens with one attached hydrogen (secondary N) is 1. The van der Waals surface area contributed by atoms with Gasteiger partial charge in [0.25, 0.3) is 0 Å². The molecule has 0 aliphatic heterocycles. The van der Waals surface area contributed by atoms with E-state index in [0.717, 1.165) is 31.2 Å². The molecule has 2 aliphatic carbocycles. The zero-order valence-electron chi connectivity index (χ0n) is 9.62. The molecule has 0 aromatic rings. The molecule has 3 atom stereocenters. The highest BCUT2D eigenvalue weighted by Crippen LogP contribution is 2.32. The molecule has 5 N–H and O–H groups in total. The summed E-state index contributed by atoms with van der Waals surface area (Å²) >= 11 is 0. The van der Waals surface area contributed by atoms with E-state index >= 15 is 0 Å². The van der Waals surface area contributed by atoms with Crippen molar-refractivity contribution >= 4 is 0 Å². The van der Waals surface area contributed by atoms with E-state index in [1.807, 2.05) is 0 Å². The molecule has 2 fully saturated rings. The standard InChI is InChI=1S/C12H25N3/c13-11(6-10-7-12(10)14)2-1-5-15-8-9-3-4-9/h9-12,15H,1-8,13-14H2/t10-,11?,12+/m1/s1. The Morgan fingerprint density at radius 2 is 2.07 bits per heavy atom. The lowest BCUT2D eigenvalue weighted by molar-refractivity contribution is 0.493. The molecule has 0 amide bonds. The molecule has 2 rings (SSSR count). The Labute approximate surface area is 93.0 Å². The fourth-order valence-electron chi connectivity index (χ4n) is 2.17. The summed E-state index contributed by atoms with van der Waals surface area (Å²) in [5, 5.41) is 3.50. The monoisotopic (exact) mass is 211 g/mol. The van der Waals surface area contributed by atoms with Gasteiger partial charge in [0.1, 0.15) is 0 Å². The summed E-state index contributed by atoms with van der Waals surface area (Å²) in [5.41, 5.74) is 11.8. The van der Waals surface area contributed by atoms with E-state index in [4.69, 9.17) is 11.5 Å². The van der Waals surface area contributed by atoms with Crippen LogP contribution < -0.4 is 16.8 Å². The minimum absolute atomic E-state index is 0.381. The van der Waals surface area contributed by atoms with Crippen LogP contribution in [0.3, 0.4) is 0 Å². The van der Waals surface area contributed by atoms with Gasteiger partial charge in [0, 0.05) is 12.1 Å². The smallest absolute Gasteiger partial charge is 0.00715 e. The molecular weight excluding hydrogens is 186 g/mol. The molecule has 0 heterocycles. The van der Waals surface area contributed by atoms with E-state index in [1.165, 1.54) is 32.2 Å². The van der Waals surface area contributed by atoms with Gasteiger partial charge in [-0.15, -0.1) is 0 Å². The lowest BCUT2D eigenvalue weighted by Gasteiger charge is -2.11. The van der Waals surface area contributed by atoms with Crippen LogP contribution in [-0.2, 0) is 0 Å². The summed E-state index contributed by atoms with van der Waals surface area (Å²) in [7, 11) is 0. The molecule has 0 spiro atoms. The van der Waals surface area contributed by atoms with Gasteiger partial charge in [-0.1, -0.05) is 0 Å². The van der Waals surface area contributed by atoms with Gasteiger partial charge in [-0.25, -0.2) is 0 Å². The van der Waals surface area contributed by atoms with E-state index in [2.05, 4.69) is 5.32 Å². The molecule has 1 unspecified atom stereocenters. The average molecular weight is 211 g/mol. The molecule has 2 aliphatic rings. The van der Waals surface area contributed by atoms with Crippen LogP contribution in [0.25, 0.3) is 0 Å². The van der Waals surface area contributed by atoms with Gasteiger partial charge in [-0.3, -0.25) is 0 Å². The summed E-state index contributed by atoms with van der Waals surface area (Å²) in [6.07, 6.45) is 7.59. The van der Waals surface area contributed by atoms with Crippen molar-refractivity contribution in [2.24, 2.45) is 23.3 Å². The summed E-state index contributed by atoms with van der Waals surface area (Å²) in [6, 6.07) is 0.843. The molecule has 3 heteroatoms. The van der Waals surface area contributed by atoms with Gasteiger partial charge in [-0.05, 0) is 63.5 Å². The maximum Gasteiger partial charge on any atom is 0.00715 e. The van der Waals surface area contributed by atoms with Crippen molar-refractivity contribution in [3.8, 4) is 0 Å². The summed E-state index contributed by atoms with van der Waals surface area (Å²) in [6.45, 7) is 2.36. The highest BCUT2D eigenvalue weighted by molar-refractivity contribution is 4.92. The van der Waals surface area contributed by atoms with Crippen LogP contribution in [0.2, 0.25) is 0 Å². The molecule has 15 heavy (non-hydrogen) atoms. The van der Waals surface area contributed by atoms with Crippen LogP contribution in [0, 0.1) is 11.8 Å². The van der Waals surface area contributed by atoms with Crippen LogP contribution in [0.1, 0.15) is 38.5 Å². The third-order valence-electron chi connectivity index (χ3n) is 3.64. The van der Waals surface area contributed by atoms with Crippen molar-refractivity contribution in [3.63, 3.8) is 0 Å². The minimum atomic E-state index is 0.381. The molecule has 0 radical (unpaired) electrons. The normalized spacial score (nSPS) is 31.6. The van der Waals surface area contributed by atoms with E-state index in [1.54, 1.807) is 0 Å². The van der Waals surface area contributed by atoms with Crippen LogP contribution >= 0.6 is 0 Å². The van der Waals surface area contributed by atoms with Crippen LogP contribution in [0.15, 0.2) is 0 Å². The van der Waals surface area contributed by atoms with Crippen molar-refractivity contribution in [1.82, 2.24) is 5.32 Å². The highest BCUT2D eigenvalue weighted by Gasteiger charge is 2.34. The van der Waals surface area contributed by atoms with Crippen molar-refractivity contribution in [1.29, 1.82) is 0 Å². The third-order valence-corrected chi connectivity index (χ3v) is 3.64. The van der Waals surface area contributed by atoms with Gasteiger partial charge in [0.2, 0.25) is 0 Å². The maximum atomic E-state index is 6.05. The lowest BCUT2D eigenvalue weighted by Crippen LogP contribution is -2.25. The van der Waals surface area contributed by atoms with E-state index in [0.29, 0.717) is 12.1 Å². The van der Waals surface area contributed by atoms with Crippen molar-refractivity contribution < 1.29 is 0 Å². The van der Waals surface area contributed by atoms with Crippen LogP contribution in [0.5, 0.6) is 0 Å². The Morgan fingerprint density at radius 1 is 1.33 bits per heavy atom. The van der Waals surface area contributed by atoms with Gasteiger partial charge in [0.15, 0.2) is 0 Å². The Hall–Kier alpha value is -0.120. The molecular formula is C12H25N3. The third kappa shape index (κ3) is 4.49. The first-order valence-electron chi connectivity index (χ1n) is 6.47. The fourth-order valence-corrected chi connectivity index (χ4v) is 2.17. The van der Waals surface area contributed by atoms with Gasteiger partial charge in [-0.2, -0.15) is 0 Å². The first kappa shape index (κ1) is 11.4. The molecule has 0 aromatic carbocycles. The SMILES string of the molecule is NC(CCCNCC1CC1)C[C@@H]1C[C@@H]1N. The minimum Gasteiger partial charge on any atom is -0.328 e. The fraction of sp³-hybridized carbons (Fsp3) is 1.00. The van der Waals surface area contributed by atoms with Crippen LogP contribution in [-0.4, -0.2) is 25.2 Å². The zero-order chi connectivity index (χ0) is 10.7. The number of hydrogen-bond acceptors (Lipinski definition) is 3. The van der Waals surface area contributed by atoms with Gasteiger partial charge >= 0.3 is 0 Å². The van der Waals surface area contributed by atoms with Gasteiger partial charge in [0.05, 0.1) is 0 Å². The number of rotatable bonds is 8. The second-order valence-corrected chi connectivity index (χ2v) is 5.45. The molecule has 0 aromatic heterocycles. The Kier molecular flexibility index (Phi) is 4.00. The predicted molar refractivity (Wildman–Crippen MR) is 63.5 cm³/mol. The van der Waals surface area contributed by atoms with Gasteiger partial charge < -0.3 is 16.8 Å². The number of hydrogen-bond donors (Lipinski definition) is 3. The maximum absolute atomic E-state index is 6.05. The van der Waals surface area contributed by atoms with E-state index in [9.17, 15) is 0 Å². The molecule has 3 nitrogen and oxygen atoms in total. The molecule has 2 saturated carbocycles. The average Bonchev–Trinajstić information content (AvgIpc) is 3.07. The molecule has 0 saturated heterocycles. The summed E-state index contributed by atoms with van der Waals surface area (Å²) in [4.78, 5) is 0. The van der Waals surface area contributed by atoms with Crippen molar-refractivity contribution in [2.75, 3.05) is 13.1 Å². The van der Waals surface area contributed by atoms with Crippen molar-refractivity contribution in [3.05, 3.63) is 0 Å². The molecule has 88 valence electrons. The second kappa shape index (κ2) is 5.28. The quantitative estimate of drug-likeness (QED) is 0.521. The second-order valence-electron chi connectivity index (χ2n) is 5.45. The Bertz CT molecular complexity index is 191. The largest absolute Gasteiger partial charge is 0.328 e. The first-order valence-corrected chi connectivity index (χ1v) is 6.47. The Balaban J connectivity index is 1.39.